The summed E-state index contributed by atoms with van der Waals surface area (Å²) in [5, 5.41) is 6.46. The first-order valence-electron chi connectivity index (χ1n) is 4.29. The van der Waals surface area contributed by atoms with Crippen molar-refractivity contribution in [3.05, 3.63) is 16.6 Å². The van der Waals surface area contributed by atoms with Crippen LogP contribution < -0.4 is 5.32 Å². The van der Waals surface area contributed by atoms with Crippen molar-refractivity contribution in [2.75, 3.05) is 12.4 Å². The molecule has 1 rings (SSSR count). The minimum Gasteiger partial charge on any atom is -0.310 e. The van der Waals surface area contributed by atoms with Crippen molar-refractivity contribution in [2.24, 2.45) is 5.41 Å². The van der Waals surface area contributed by atoms with E-state index in [1.165, 1.54) is 0 Å². The van der Waals surface area contributed by atoms with Gasteiger partial charge in [-0.3, -0.25) is 0 Å². The number of halogens is 1. The third-order valence-corrected chi connectivity index (χ3v) is 3.23. The summed E-state index contributed by atoms with van der Waals surface area (Å²) in [5.74, 6) is 0.678. The van der Waals surface area contributed by atoms with Gasteiger partial charge in [0.05, 0.1) is 0 Å². The average Bonchev–Trinajstić information content (AvgIpc) is 2.57. The number of alkyl halides is 1. The molecule has 0 bridgehead atoms. The van der Waals surface area contributed by atoms with Crippen molar-refractivity contribution >= 4 is 22.9 Å². The second-order valence-electron chi connectivity index (χ2n) is 3.83. The molecule has 4 heteroatoms. The lowest BCUT2D eigenvalue weighted by atomic mass is 9.97. The summed E-state index contributed by atoms with van der Waals surface area (Å²) in [7, 11) is 0. The van der Waals surface area contributed by atoms with Crippen LogP contribution in [-0.2, 0) is 6.54 Å². The summed E-state index contributed by atoms with van der Waals surface area (Å²) in [6, 6.07) is 0. The summed E-state index contributed by atoms with van der Waals surface area (Å²) in [6.45, 7) is 6.07. The van der Waals surface area contributed by atoms with Gasteiger partial charge < -0.3 is 5.32 Å². The van der Waals surface area contributed by atoms with Crippen LogP contribution in [0.1, 0.15) is 18.9 Å². The van der Waals surface area contributed by atoms with Gasteiger partial charge in [0.2, 0.25) is 0 Å². The molecular weight excluding hydrogens is 204 g/mol. The first-order valence-corrected chi connectivity index (χ1v) is 5.70. The lowest BCUT2D eigenvalue weighted by Gasteiger charge is -2.21. The highest BCUT2D eigenvalue weighted by Gasteiger charge is 2.15. The fourth-order valence-corrected chi connectivity index (χ4v) is 1.58. The third kappa shape index (κ3) is 4.07. The summed E-state index contributed by atoms with van der Waals surface area (Å²) >= 11 is 7.48. The molecule has 0 aromatic carbocycles. The molecular formula is C9H15ClN2S. The molecule has 2 nitrogen and oxygen atoms in total. The zero-order chi connectivity index (χ0) is 9.73. The van der Waals surface area contributed by atoms with Crippen LogP contribution in [0.25, 0.3) is 0 Å². The fourth-order valence-electron chi connectivity index (χ4n) is 0.895. The molecule has 1 N–H and O–H groups in total. The van der Waals surface area contributed by atoms with Gasteiger partial charge >= 0.3 is 0 Å². The van der Waals surface area contributed by atoms with Crippen LogP contribution in [0.15, 0.2) is 11.6 Å². The number of thiazole rings is 1. The Morgan fingerprint density at radius 2 is 2.38 bits per heavy atom. The number of aromatic nitrogens is 1. The zero-order valence-electron chi connectivity index (χ0n) is 8.01. The maximum absolute atomic E-state index is 5.80. The number of hydrogen-bond acceptors (Lipinski definition) is 3. The quantitative estimate of drug-likeness (QED) is 0.769. The van der Waals surface area contributed by atoms with Crippen molar-refractivity contribution in [1.29, 1.82) is 0 Å². The fraction of sp³-hybridized carbons (Fsp3) is 0.667. The standard InChI is InChI=1S/C9H15ClN2S/c1-9(2,6-10)7-11-5-8-12-3-4-13-8/h3-4,11H,5-7H2,1-2H3. The molecule has 0 saturated carbocycles. The van der Waals surface area contributed by atoms with Crippen LogP contribution in [0.3, 0.4) is 0 Å². The van der Waals surface area contributed by atoms with Gasteiger partial charge in [0.1, 0.15) is 5.01 Å². The minimum atomic E-state index is 0.165. The van der Waals surface area contributed by atoms with E-state index >= 15 is 0 Å². The first kappa shape index (κ1) is 11.0. The Balaban J connectivity index is 2.21. The van der Waals surface area contributed by atoms with Gasteiger partial charge in [-0.2, -0.15) is 0 Å². The minimum absolute atomic E-state index is 0.165. The predicted octanol–water partition coefficient (Wildman–Crippen LogP) is 2.50. The molecule has 0 radical (unpaired) electrons. The van der Waals surface area contributed by atoms with Crippen molar-refractivity contribution in [1.82, 2.24) is 10.3 Å². The van der Waals surface area contributed by atoms with Gasteiger partial charge in [-0.25, -0.2) is 4.98 Å². The van der Waals surface area contributed by atoms with Crippen molar-refractivity contribution in [2.45, 2.75) is 20.4 Å². The van der Waals surface area contributed by atoms with E-state index in [0.29, 0.717) is 5.88 Å². The maximum Gasteiger partial charge on any atom is 0.106 e. The smallest absolute Gasteiger partial charge is 0.106 e. The molecule has 1 aromatic heterocycles. The van der Waals surface area contributed by atoms with Gasteiger partial charge in [0.25, 0.3) is 0 Å². The monoisotopic (exact) mass is 218 g/mol. The van der Waals surface area contributed by atoms with Crippen LogP contribution >= 0.6 is 22.9 Å². The average molecular weight is 219 g/mol. The van der Waals surface area contributed by atoms with Crippen LogP contribution in [-0.4, -0.2) is 17.4 Å². The zero-order valence-corrected chi connectivity index (χ0v) is 9.58. The molecule has 1 heterocycles. The van der Waals surface area contributed by atoms with E-state index in [1.54, 1.807) is 11.3 Å². The second kappa shape index (κ2) is 4.94. The highest BCUT2D eigenvalue weighted by Crippen LogP contribution is 2.15. The summed E-state index contributed by atoms with van der Waals surface area (Å²) in [5.41, 5.74) is 0.165. The first-order chi connectivity index (χ1) is 6.14. The molecule has 0 atom stereocenters. The third-order valence-electron chi connectivity index (χ3n) is 1.72. The van der Waals surface area contributed by atoms with E-state index < -0.39 is 0 Å². The Bertz CT molecular complexity index is 234. The Morgan fingerprint density at radius 3 is 2.92 bits per heavy atom. The van der Waals surface area contributed by atoms with Gasteiger partial charge in [-0.15, -0.1) is 22.9 Å². The number of hydrogen-bond donors (Lipinski definition) is 1. The summed E-state index contributed by atoms with van der Waals surface area (Å²) in [6.07, 6.45) is 1.83. The van der Waals surface area contributed by atoms with Crippen molar-refractivity contribution < 1.29 is 0 Å². The van der Waals surface area contributed by atoms with E-state index in [1.807, 2.05) is 11.6 Å². The van der Waals surface area contributed by atoms with Crippen molar-refractivity contribution in [3.8, 4) is 0 Å². The van der Waals surface area contributed by atoms with E-state index in [0.717, 1.165) is 18.1 Å². The lowest BCUT2D eigenvalue weighted by molar-refractivity contribution is 0.385. The molecule has 0 amide bonds. The van der Waals surface area contributed by atoms with Crippen molar-refractivity contribution in [3.63, 3.8) is 0 Å². The van der Waals surface area contributed by atoms with Crippen LogP contribution in [0.2, 0.25) is 0 Å². The Morgan fingerprint density at radius 1 is 1.62 bits per heavy atom. The Labute approximate surface area is 88.3 Å². The molecule has 0 fully saturated rings. The highest BCUT2D eigenvalue weighted by atomic mass is 35.5. The number of nitrogens with one attached hydrogen (secondary N) is 1. The highest BCUT2D eigenvalue weighted by molar-refractivity contribution is 7.09. The van der Waals surface area contributed by atoms with Crippen LogP contribution in [0.5, 0.6) is 0 Å². The summed E-state index contributed by atoms with van der Waals surface area (Å²) < 4.78 is 0. The molecule has 74 valence electrons. The molecule has 0 aliphatic rings. The van der Waals surface area contributed by atoms with Gasteiger partial charge in [-0.1, -0.05) is 13.8 Å². The molecule has 0 aliphatic heterocycles. The van der Waals surface area contributed by atoms with E-state index in [4.69, 9.17) is 11.6 Å². The number of nitrogens with zero attached hydrogens (tertiary/aromatic N) is 1. The van der Waals surface area contributed by atoms with Crippen LogP contribution in [0, 0.1) is 5.41 Å². The molecule has 0 spiro atoms. The van der Waals surface area contributed by atoms with E-state index in [-0.39, 0.29) is 5.41 Å². The Hall–Kier alpha value is -0.120. The molecule has 1 aromatic rings. The predicted molar refractivity (Wildman–Crippen MR) is 58.3 cm³/mol. The second-order valence-corrected chi connectivity index (χ2v) is 5.07. The molecule has 0 saturated heterocycles. The van der Waals surface area contributed by atoms with E-state index in [9.17, 15) is 0 Å². The van der Waals surface area contributed by atoms with Crippen LogP contribution in [0.4, 0.5) is 0 Å². The SMILES string of the molecule is CC(C)(CCl)CNCc1nccs1. The molecule has 0 aliphatic carbocycles. The number of rotatable bonds is 5. The normalized spacial score (nSPS) is 11.9. The molecule has 0 unspecified atom stereocenters. The van der Waals surface area contributed by atoms with Gasteiger partial charge in [0, 0.05) is 30.5 Å². The van der Waals surface area contributed by atoms with Gasteiger partial charge in [-0.05, 0) is 5.41 Å². The lowest BCUT2D eigenvalue weighted by Crippen LogP contribution is -2.30. The van der Waals surface area contributed by atoms with Gasteiger partial charge in [0.15, 0.2) is 0 Å². The summed E-state index contributed by atoms with van der Waals surface area (Å²) in [4.78, 5) is 4.18. The Kier molecular flexibility index (Phi) is 4.16. The molecule has 13 heavy (non-hydrogen) atoms. The maximum atomic E-state index is 5.80. The largest absolute Gasteiger partial charge is 0.310 e. The topological polar surface area (TPSA) is 24.9 Å². The van der Waals surface area contributed by atoms with E-state index in [2.05, 4.69) is 24.1 Å².